The van der Waals surface area contributed by atoms with Crippen LogP contribution in [0.4, 0.5) is 0 Å². The summed E-state index contributed by atoms with van der Waals surface area (Å²) in [4.78, 5) is 18.8. The maximum absolute atomic E-state index is 12.6. The largest absolute Gasteiger partial charge is 0.335 e. The standard InChI is InChI=1S/C13H21N3OS/c1-13(2)5-4-7-16(12(17)11(13)14-3)9-10-15-6-8-18-10/h6,8,11,14H,4-5,7,9H2,1-3H3. The molecule has 1 atom stereocenters. The Morgan fingerprint density at radius 2 is 2.39 bits per heavy atom. The van der Waals surface area contributed by atoms with Crippen LogP contribution in [-0.2, 0) is 11.3 Å². The summed E-state index contributed by atoms with van der Waals surface area (Å²) in [6, 6.07) is -0.0973. The highest BCUT2D eigenvalue weighted by molar-refractivity contribution is 7.09. The van der Waals surface area contributed by atoms with Crippen molar-refractivity contribution in [2.75, 3.05) is 13.6 Å². The third-order valence-electron chi connectivity index (χ3n) is 3.69. The van der Waals surface area contributed by atoms with Crippen molar-refractivity contribution in [2.24, 2.45) is 5.41 Å². The summed E-state index contributed by atoms with van der Waals surface area (Å²) in [5, 5.41) is 6.15. The van der Waals surface area contributed by atoms with E-state index in [0.717, 1.165) is 24.4 Å². The maximum Gasteiger partial charge on any atom is 0.240 e. The molecule has 1 aromatic heterocycles. The maximum atomic E-state index is 12.6. The summed E-state index contributed by atoms with van der Waals surface area (Å²) >= 11 is 1.61. The van der Waals surface area contributed by atoms with Gasteiger partial charge in [0.1, 0.15) is 5.01 Å². The first-order chi connectivity index (χ1) is 8.54. The van der Waals surface area contributed by atoms with Crippen molar-refractivity contribution < 1.29 is 4.79 Å². The van der Waals surface area contributed by atoms with Gasteiger partial charge in [0.05, 0.1) is 12.6 Å². The number of likely N-dealkylation sites (tertiary alicyclic amines) is 1. The molecule has 1 N–H and O–H groups in total. The van der Waals surface area contributed by atoms with Gasteiger partial charge in [-0.3, -0.25) is 4.79 Å². The zero-order valence-electron chi connectivity index (χ0n) is 11.3. The molecular weight excluding hydrogens is 246 g/mol. The summed E-state index contributed by atoms with van der Waals surface area (Å²) in [6.45, 7) is 5.81. The Morgan fingerprint density at radius 3 is 3.00 bits per heavy atom. The van der Waals surface area contributed by atoms with Crippen molar-refractivity contribution in [3.8, 4) is 0 Å². The van der Waals surface area contributed by atoms with Gasteiger partial charge in [-0.25, -0.2) is 4.98 Å². The molecule has 1 amide bonds. The van der Waals surface area contributed by atoms with Crippen LogP contribution < -0.4 is 5.32 Å². The molecule has 4 nitrogen and oxygen atoms in total. The van der Waals surface area contributed by atoms with Crippen molar-refractivity contribution >= 4 is 17.2 Å². The van der Waals surface area contributed by atoms with E-state index in [0.29, 0.717) is 6.54 Å². The number of thiazole rings is 1. The van der Waals surface area contributed by atoms with E-state index in [4.69, 9.17) is 0 Å². The average Bonchev–Trinajstić information content (AvgIpc) is 2.77. The fourth-order valence-electron chi connectivity index (χ4n) is 2.66. The third kappa shape index (κ3) is 2.72. The third-order valence-corrected chi connectivity index (χ3v) is 4.45. The summed E-state index contributed by atoms with van der Waals surface area (Å²) in [6.07, 6.45) is 3.92. The molecule has 1 fully saturated rings. The lowest BCUT2D eigenvalue weighted by molar-refractivity contribution is -0.135. The molecule has 18 heavy (non-hydrogen) atoms. The molecular formula is C13H21N3OS. The zero-order chi connectivity index (χ0) is 13.2. The van der Waals surface area contributed by atoms with Crippen LogP contribution in [0.1, 0.15) is 31.7 Å². The van der Waals surface area contributed by atoms with E-state index < -0.39 is 0 Å². The van der Waals surface area contributed by atoms with E-state index in [9.17, 15) is 4.79 Å². The number of nitrogens with one attached hydrogen (secondary N) is 1. The van der Waals surface area contributed by atoms with Crippen LogP contribution in [0.15, 0.2) is 11.6 Å². The molecule has 0 aromatic carbocycles. The van der Waals surface area contributed by atoms with E-state index in [1.165, 1.54) is 0 Å². The molecule has 0 aliphatic carbocycles. The van der Waals surface area contributed by atoms with E-state index >= 15 is 0 Å². The second-order valence-corrected chi connectivity index (χ2v) is 6.48. The highest BCUT2D eigenvalue weighted by Crippen LogP contribution is 2.31. The molecule has 1 saturated heterocycles. The lowest BCUT2D eigenvalue weighted by Gasteiger charge is -2.32. The van der Waals surface area contributed by atoms with E-state index in [2.05, 4.69) is 24.1 Å². The van der Waals surface area contributed by atoms with Gasteiger partial charge in [0.15, 0.2) is 0 Å². The van der Waals surface area contributed by atoms with E-state index in [1.54, 1.807) is 17.5 Å². The Hall–Kier alpha value is -0.940. The quantitative estimate of drug-likeness (QED) is 0.909. The smallest absolute Gasteiger partial charge is 0.240 e. The molecule has 0 saturated carbocycles. The van der Waals surface area contributed by atoms with E-state index in [-0.39, 0.29) is 17.4 Å². The topological polar surface area (TPSA) is 45.2 Å². The number of carbonyl (C=O) groups is 1. The van der Waals surface area contributed by atoms with Crippen LogP contribution in [0.2, 0.25) is 0 Å². The van der Waals surface area contributed by atoms with Crippen molar-refractivity contribution in [2.45, 2.75) is 39.3 Å². The summed E-state index contributed by atoms with van der Waals surface area (Å²) < 4.78 is 0. The first-order valence-electron chi connectivity index (χ1n) is 6.39. The van der Waals surface area contributed by atoms with Crippen molar-refractivity contribution in [1.29, 1.82) is 0 Å². The molecule has 1 unspecified atom stereocenters. The minimum atomic E-state index is -0.0973. The van der Waals surface area contributed by atoms with E-state index in [1.807, 2.05) is 17.3 Å². The monoisotopic (exact) mass is 267 g/mol. The van der Waals surface area contributed by atoms with Gasteiger partial charge in [-0.1, -0.05) is 13.8 Å². The Bertz CT molecular complexity index is 402. The second-order valence-electron chi connectivity index (χ2n) is 5.50. The fourth-order valence-corrected chi connectivity index (χ4v) is 3.29. The number of hydrogen-bond donors (Lipinski definition) is 1. The lowest BCUT2D eigenvalue weighted by atomic mass is 9.80. The van der Waals surface area contributed by atoms with Gasteiger partial charge in [-0.05, 0) is 25.3 Å². The summed E-state index contributed by atoms with van der Waals surface area (Å²) in [5.74, 6) is 0.204. The van der Waals surface area contributed by atoms with Crippen LogP contribution in [0, 0.1) is 5.41 Å². The number of rotatable bonds is 3. The molecule has 0 spiro atoms. The molecule has 0 radical (unpaired) electrons. The first kappa shape index (κ1) is 13.5. The van der Waals surface area contributed by atoms with Crippen LogP contribution in [0.5, 0.6) is 0 Å². The number of nitrogens with zero attached hydrogens (tertiary/aromatic N) is 2. The molecule has 1 aromatic rings. The zero-order valence-corrected chi connectivity index (χ0v) is 12.1. The second kappa shape index (κ2) is 5.36. The molecule has 100 valence electrons. The molecule has 0 bridgehead atoms. The van der Waals surface area contributed by atoms with Crippen molar-refractivity contribution in [3.63, 3.8) is 0 Å². The minimum Gasteiger partial charge on any atom is -0.335 e. The summed E-state index contributed by atoms with van der Waals surface area (Å²) in [7, 11) is 1.87. The Labute approximate surface area is 112 Å². The molecule has 1 aliphatic heterocycles. The number of hydrogen-bond acceptors (Lipinski definition) is 4. The Kier molecular flexibility index (Phi) is 4.02. The Morgan fingerprint density at radius 1 is 1.61 bits per heavy atom. The number of amides is 1. The van der Waals surface area contributed by atoms with Crippen LogP contribution >= 0.6 is 11.3 Å². The van der Waals surface area contributed by atoms with Gasteiger partial charge in [0.2, 0.25) is 5.91 Å². The van der Waals surface area contributed by atoms with Gasteiger partial charge in [-0.15, -0.1) is 11.3 Å². The first-order valence-corrected chi connectivity index (χ1v) is 7.27. The van der Waals surface area contributed by atoms with Gasteiger partial charge in [-0.2, -0.15) is 0 Å². The van der Waals surface area contributed by atoms with Gasteiger partial charge in [0.25, 0.3) is 0 Å². The predicted octanol–water partition coefficient (Wildman–Crippen LogP) is 1.88. The number of carbonyl (C=O) groups excluding carboxylic acids is 1. The molecule has 1 aliphatic rings. The molecule has 2 rings (SSSR count). The van der Waals surface area contributed by atoms with Crippen LogP contribution in [-0.4, -0.2) is 35.4 Å². The Balaban J connectivity index is 2.14. The van der Waals surface area contributed by atoms with Gasteiger partial charge < -0.3 is 10.2 Å². The highest BCUT2D eigenvalue weighted by atomic mass is 32.1. The summed E-state index contributed by atoms with van der Waals surface area (Å²) in [5.41, 5.74) is 0.0173. The van der Waals surface area contributed by atoms with Crippen LogP contribution in [0.25, 0.3) is 0 Å². The highest BCUT2D eigenvalue weighted by Gasteiger charge is 2.38. The van der Waals surface area contributed by atoms with Crippen molar-refractivity contribution in [3.05, 3.63) is 16.6 Å². The molecule has 5 heteroatoms. The number of likely N-dealkylation sites (N-methyl/N-ethyl adjacent to an activating group) is 1. The van der Waals surface area contributed by atoms with Crippen LogP contribution in [0.3, 0.4) is 0 Å². The fraction of sp³-hybridized carbons (Fsp3) is 0.692. The average molecular weight is 267 g/mol. The van der Waals surface area contributed by atoms with Gasteiger partial charge in [0, 0.05) is 18.1 Å². The predicted molar refractivity (Wildman–Crippen MR) is 73.4 cm³/mol. The molecule has 2 heterocycles. The van der Waals surface area contributed by atoms with Gasteiger partial charge >= 0.3 is 0 Å². The number of aromatic nitrogens is 1. The minimum absolute atomic E-state index is 0.0173. The normalized spacial score (nSPS) is 24.1. The lowest BCUT2D eigenvalue weighted by Crippen LogP contribution is -2.50. The van der Waals surface area contributed by atoms with Crippen molar-refractivity contribution in [1.82, 2.24) is 15.2 Å². The SMILES string of the molecule is CNC1C(=O)N(Cc2nccs2)CCCC1(C)C.